The average Bonchev–Trinajstić information content (AvgIpc) is 3.10. The van der Waals surface area contributed by atoms with Gasteiger partial charge in [0.2, 0.25) is 10.0 Å². The number of sulfonamides is 1. The maximum Gasteiger partial charge on any atom is 0.229 e. The van der Waals surface area contributed by atoms with Gasteiger partial charge in [-0.05, 0) is 48.4 Å². The molecule has 0 unspecified atom stereocenters. The molecule has 0 aliphatic rings. The van der Waals surface area contributed by atoms with E-state index in [1.165, 1.54) is 23.1 Å². The highest BCUT2D eigenvalue weighted by Crippen LogP contribution is 2.29. The van der Waals surface area contributed by atoms with Gasteiger partial charge in [0.1, 0.15) is 18.1 Å². The molecule has 9 heteroatoms. The third-order valence-corrected chi connectivity index (χ3v) is 5.90. The highest BCUT2D eigenvalue weighted by atomic mass is 32.2. The minimum atomic E-state index is -3.54. The van der Waals surface area contributed by atoms with Gasteiger partial charge in [0, 0.05) is 35.4 Å². The molecular weight excluding hydrogens is 442 g/mol. The Labute approximate surface area is 192 Å². The molecule has 8 nitrogen and oxygen atoms in total. The smallest absolute Gasteiger partial charge is 0.229 e. The number of hydrogen-bond donors (Lipinski definition) is 5. The van der Waals surface area contributed by atoms with Crippen LogP contribution in [0.2, 0.25) is 0 Å². The number of aliphatic hydroxyl groups is 1. The van der Waals surface area contributed by atoms with Crippen molar-refractivity contribution in [1.29, 1.82) is 0 Å². The number of aromatic hydroxyl groups is 1. The Balaban J connectivity index is 1.30. The second-order valence-electron chi connectivity index (χ2n) is 8.10. The molecular formula is C24H27N3O5S. The van der Waals surface area contributed by atoms with E-state index in [4.69, 9.17) is 4.74 Å². The molecule has 33 heavy (non-hydrogen) atoms. The van der Waals surface area contributed by atoms with Crippen LogP contribution in [0.25, 0.3) is 21.8 Å². The summed E-state index contributed by atoms with van der Waals surface area (Å²) in [7, 11) is -3.54. The van der Waals surface area contributed by atoms with Crippen molar-refractivity contribution in [3.05, 3.63) is 65.7 Å². The van der Waals surface area contributed by atoms with E-state index in [1.54, 1.807) is 6.07 Å². The lowest BCUT2D eigenvalue weighted by Crippen LogP contribution is -2.26. The van der Waals surface area contributed by atoms with E-state index in [1.807, 2.05) is 18.2 Å². The van der Waals surface area contributed by atoms with Crippen LogP contribution in [0, 0.1) is 6.92 Å². The summed E-state index contributed by atoms with van der Waals surface area (Å²) in [6.45, 7) is 3.23. The molecule has 174 valence electrons. The van der Waals surface area contributed by atoms with Crippen LogP contribution in [0.4, 0.5) is 5.69 Å². The highest BCUT2D eigenvalue weighted by molar-refractivity contribution is 7.92. The Morgan fingerprint density at radius 1 is 1.03 bits per heavy atom. The molecule has 4 aromatic rings. The van der Waals surface area contributed by atoms with Gasteiger partial charge in [0.05, 0.1) is 23.6 Å². The molecule has 1 aromatic heterocycles. The summed E-state index contributed by atoms with van der Waals surface area (Å²) in [5.74, 6) is 0.544. The summed E-state index contributed by atoms with van der Waals surface area (Å²) in [6.07, 6.45) is 0.116. The molecule has 1 atom stereocenters. The summed E-state index contributed by atoms with van der Waals surface area (Å²) in [6, 6.07) is 16.6. The topological polar surface area (TPSA) is 124 Å². The van der Waals surface area contributed by atoms with Gasteiger partial charge in [0.25, 0.3) is 0 Å². The summed E-state index contributed by atoms with van der Waals surface area (Å²) >= 11 is 0. The van der Waals surface area contributed by atoms with Crippen LogP contribution in [0.15, 0.2) is 54.6 Å². The van der Waals surface area contributed by atoms with E-state index in [9.17, 15) is 18.6 Å². The van der Waals surface area contributed by atoms with Crippen LogP contribution in [0.5, 0.6) is 11.5 Å². The summed E-state index contributed by atoms with van der Waals surface area (Å²) < 4.78 is 30.9. The molecule has 0 saturated heterocycles. The normalized spacial score (nSPS) is 12.8. The van der Waals surface area contributed by atoms with Gasteiger partial charge in [-0.2, -0.15) is 0 Å². The largest absolute Gasteiger partial charge is 0.506 e. The van der Waals surface area contributed by atoms with Crippen molar-refractivity contribution in [2.45, 2.75) is 13.0 Å². The van der Waals surface area contributed by atoms with E-state index in [2.05, 4.69) is 40.1 Å². The zero-order valence-electron chi connectivity index (χ0n) is 18.4. The first-order valence-corrected chi connectivity index (χ1v) is 12.4. The molecule has 0 saturated carbocycles. The van der Waals surface area contributed by atoms with Crippen LogP contribution < -0.4 is 14.8 Å². The third kappa shape index (κ3) is 5.57. The maximum atomic E-state index is 11.4. The van der Waals surface area contributed by atoms with Crippen molar-refractivity contribution in [3.63, 3.8) is 0 Å². The van der Waals surface area contributed by atoms with Gasteiger partial charge < -0.3 is 25.3 Å². The van der Waals surface area contributed by atoms with Gasteiger partial charge >= 0.3 is 0 Å². The predicted octanol–water partition coefficient (Wildman–Crippen LogP) is 3.41. The number of aliphatic hydroxyl groups excluding tert-OH is 1. The number of anilines is 1. The molecule has 0 fully saturated rings. The van der Waals surface area contributed by atoms with Crippen LogP contribution >= 0.6 is 0 Å². The molecule has 4 rings (SSSR count). The standard InChI is InChI=1S/C24H27N3O5S/c1-15-3-6-18-19-7-5-17(13-21(19)26-20(18)11-15)32-10-9-25-14-24(29)16-4-8-23(28)22(12-16)27-33(2,30)31/h3-8,11-13,24-29H,9-10,14H2,1-2H3/t24-/m1/s1. The maximum absolute atomic E-state index is 11.4. The second-order valence-corrected chi connectivity index (χ2v) is 9.85. The minimum absolute atomic E-state index is 0.0277. The monoisotopic (exact) mass is 469 g/mol. The van der Waals surface area contributed by atoms with Crippen molar-refractivity contribution in [2.75, 3.05) is 30.7 Å². The van der Waals surface area contributed by atoms with Crippen LogP contribution in [-0.2, 0) is 10.0 Å². The number of H-pyrrole nitrogens is 1. The van der Waals surface area contributed by atoms with E-state index in [-0.39, 0.29) is 18.0 Å². The fourth-order valence-electron chi connectivity index (χ4n) is 3.73. The number of fused-ring (bicyclic) bond motifs is 3. The zero-order valence-corrected chi connectivity index (χ0v) is 19.2. The number of benzene rings is 3. The second kappa shape index (κ2) is 9.30. The van der Waals surface area contributed by atoms with E-state index in [0.29, 0.717) is 18.7 Å². The lowest BCUT2D eigenvalue weighted by atomic mass is 10.1. The number of ether oxygens (including phenoxy) is 1. The molecule has 0 aliphatic carbocycles. The Morgan fingerprint density at radius 3 is 2.52 bits per heavy atom. The van der Waals surface area contributed by atoms with Gasteiger partial charge in [-0.15, -0.1) is 0 Å². The Hall–Kier alpha value is -3.27. The van der Waals surface area contributed by atoms with Crippen molar-refractivity contribution < 1.29 is 23.4 Å². The van der Waals surface area contributed by atoms with Gasteiger partial charge in [-0.25, -0.2) is 8.42 Å². The minimum Gasteiger partial charge on any atom is -0.506 e. The van der Waals surface area contributed by atoms with Crippen molar-refractivity contribution in [1.82, 2.24) is 10.3 Å². The number of aryl methyl sites for hydroxylation is 1. The lowest BCUT2D eigenvalue weighted by Gasteiger charge is -2.15. The molecule has 0 radical (unpaired) electrons. The first-order valence-electron chi connectivity index (χ1n) is 10.5. The van der Waals surface area contributed by atoms with Gasteiger partial charge in [0.15, 0.2) is 0 Å². The third-order valence-electron chi connectivity index (χ3n) is 5.31. The Morgan fingerprint density at radius 2 is 1.76 bits per heavy atom. The van der Waals surface area contributed by atoms with Gasteiger partial charge in [-0.1, -0.05) is 18.2 Å². The first-order chi connectivity index (χ1) is 15.7. The molecule has 0 spiro atoms. The molecule has 0 amide bonds. The number of hydrogen-bond acceptors (Lipinski definition) is 6. The highest BCUT2D eigenvalue weighted by Gasteiger charge is 2.13. The molecule has 0 aliphatic heterocycles. The fourth-order valence-corrected chi connectivity index (χ4v) is 4.30. The number of nitrogens with one attached hydrogen (secondary N) is 3. The first kappa shape index (κ1) is 22.9. The van der Waals surface area contributed by atoms with E-state index in [0.717, 1.165) is 28.4 Å². The van der Waals surface area contributed by atoms with Crippen LogP contribution in [0.1, 0.15) is 17.2 Å². The number of phenols is 1. The molecule has 0 bridgehead atoms. The number of aromatic amines is 1. The Bertz CT molecular complexity index is 1400. The van der Waals surface area contributed by atoms with Crippen LogP contribution in [-0.4, -0.2) is 49.6 Å². The van der Waals surface area contributed by atoms with E-state index >= 15 is 0 Å². The molecule has 5 N–H and O–H groups in total. The van der Waals surface area contributed by atoms with E-state index < -0.39 is 16.1 Å². The average molecular weight is 470 g/mol. The number of aromatic nitrogens is 1. The van der Waals surface area contributed by atoms with Crippen molar-refractivity contribution in [2.24, 2.45) is 0 Å². The summed E-state index contributed by atoms with van der Waals surface area (Å²) in [5, 5.41) is 25.7. The number of phenolic OH excluding ortho intramolecular Hbond substituents is 1. The molecule has 3 aromatic carbocycles. The SMILES string of the molecule is Cc1ccc2c(c1)[nH]c1cc(OCCNC[C@@H](O)c3ccc(O)c(NS(C)(=O)=O)c3)ccc12. The summed E-state index contributed by atoms with van der Waals surface area (Å²) in [4.78, 5) is 3.43. The van der Waals surface area contributed by atoms with Gasteiger partial charge in [-0.3, -0.25) is 4.72 Å². The van der Waals surface area contributed by atoms with Crippen molar-refractivity contribution in [3.8, 4) is 11.5 Å². The quantitative estimate of drug-likeness (QED) is 0.189. The number of rotatable bonds is 9. The zero-order chi connectivity index (χ0) is 23.6. The Kier molecular flexibility index (Phi) is 6.46. The predicted molar refractivity (Wildman–Crippen MR) is 130 cm³/mol. The lowest BCUT2D eigenvalue weighted by molar-refractivity contribution is 0.172. The summed E-state index contributed by atoms with van der Waals surface area (Å²) in [5.41, 5.74) is 3.82. The van der Waals surface area contributed by atoms with Crippen molar-refractivity contribution >= 4 is 37.5 Å². The molecule has 1 heterocycles. The fraction of sp³-hybridized carbons (Fsp3) is 0.250. The van der Waals surface area contributed by atoms with Crippen LogP contribution in [0.3, 0.4) is 0 Å².